The number of hydrogen-bond donors (Lipinski definition) is 0. The van der Waals surface area contributed by atoms with Gasteiger partial charge in [-0.05, 0) is 60.9 Å². The van der Waals surface area contributed by atoms with Gasteiger partial charge in [0.25, 0.3) is 0 Å². The van der Waals surface area contributed by atoms with Crippen LogP contribution in [0, 0.1) is 13.8 Å². The molecular weight excluding hydrogens is 240 g/mol. The molecule has 3 rings (SSSR count). The quantitative estimate of drug-likeness (QED) is 0.728. The van der Waals surface area contributed by atoms with E-state index in [4.69, 9.17) is 0 Å². The summed E-state index contributed by atoms with van der Waals surface area (Å²) in [4.78, 5) is 0. The lowest BCUT2D eigenvalue weighted by atomic mass is 9.92. The molecule has 0 heteroatoms. The minimum absolute atomic E-state index is 1.06. The van der Waals surface area contributed by atoms with Gasteiger partial charge in [-0.3, -0.25) is 0 Å². The van der Waals surface area contributed by atoms with Gasteiger partial charge in [-0.1, -0.05) is 60.5 Å². The molecule has 0 nitrogen and oxygen atoms in total. The maximum absolute atomic E-state index is 2.41. The Kier molecular flexibility index (Phi) is 3.48. The molecule has 0 spiro atoms. The molecule has 0 atom stereocenters. The number of benzene rings is 2. The van der Waals surface area contributed by atoms with Gasteiger partial charge in [0.2, 0.25) is 0 Å². The molecule has 0 fully saturated rings. The number of aryl methyl sites for hydroxylation is 3. The predicted octanol–water partition coefficient (Wildman–Crippen LogP) is 5.03. The number of hydrogen-bond acceptors (Lipinski definition) is 0. The highest BCUT2D eigenvalue weighted by atomic mass is 14.2. The zero-order valence-electron chi connectivity index (χ0n) is 12.7. The maximum atomic E-state index is 2.41. The van der Waals surface area contributed by atoms with E-state index in [2.05, 4.69) is 63.3 Å². The maximum Gasteiger partial charge on any atom is -0.00224 e. The Bertz CT molecular complexity index is 654. The third-order valence-electron chi connectivity index (χ3n) is 4.14. The Morgan fingerprint density at radius 3 is 2.35 bits per heavy atom. The minimum atomic E-state index is 1.06. The highest BCUT2D eigenvalue weighted by Crippen LogP contribution is 2.27. The lowest BCUT2D eigenvalue weighted by Crippen LogP contribution is -1.98. The molecule has 0 amide bonds. The van der Waals surface area contributed by atoms with Crippen molar-refractivity contribution in [3.63, 3.8) is 0 Å². The molecule has 0 heterocycles. The van der Waals surface area contributed by atoms with E-state index in [0.29, 0.717) is 0 Å². The molecule has 2 aromatic carbocycles. The van der Waals surface area contributed by atoms with E-state index < -0.39 is 0 Å². The third-order valence-corrected chi connectivity index (χ3v) is 4.14. The Morgan fingerprint density at radius 1 is 0.900 bits per heavy atom. The third kappa shape index (κ3) is 2.56. The van der Waals surface area contributed by atoms with Crippen molar-refractivity contribution < 1.29 is 0 Å². The van der Waals surface area contributed by atoms with Crippen molar-refractivity contribution in [2.75, 3.05) is 0 Å². The van der Waals surface area contributed by atoms with Gasteiger partial charge in [0, 0.05) is 0 Å². The molecule has 0 N–H and O–H groups in total. The smallest absolute Gasteiger partial charge is 0.00224 e. The van der Waals surface area contributed by atoms with Crippen molar-refractivity contribution in [3.8, 4) is 0 Å². The van der Waals surface area contributed by atoms with Crippen LogP contribution in [0.1, 0.15) is 45.9 Å². The molecule has 0 aliphatic heterocycles. The van der Waals surface area contributed by atoms with E-state index in [1.165, 1.54) is 38.9 Å². The van der Waals surface area contributed by atoms with Crippen LogP contribution < -0.4 is 0 Å². The van der Waals surface area contributed by atoms with Crippen LogP contribution in [-0.2, 0) is 19.3 Å². The zero-order chi connectivity index (χ0) is 14.1. The van der Waals surface area contributed by atoms with Crippen LogP contribution in [0.5, 0.6) is 0 Å². The molecule has 0 aromatic heterocycles. The van der Waals surface area contributed by atoms with E-state index in [1.807, 2.05) is 0 Å². The summed E-state index contributed by atoms with van der Waals surface area (Å²) in [6.07, 6.45) is 7.83. The van der Waals surface area contributed by atoms with Gasteiger partial charge in [-0.25, -0.2) is 0 Å². The van der Waals surface area contributed by atoms with E-state index in [-0.39, 0.29) is 0 Å². The first-order valence-corrected chi connectivity index (χ1v) is 7.54. The topological polar surface area (TPSA) is 0 Å². The number of fused-ring (bicyclic) bond motifs is 1. The van der Waals surface area contributed by atoms with Crippen LogP contribution >= 0.6 is 0 Å². The molecule has 0 saturated carbocycles. The summed E-state index contributed by atoms with van der Waals surface area (Å²) in [7, 11) is 0. The van der Waals surface area contributed by atoms with Gasteiger partial charge in [0.15, 0.2) is 0 Å². The number of rotatable bonds is 3. The highest BCUT2D eigenvalue weighted by molar-refractivity contribution is 5.63. The summed E-state index contributed by atoms with van der Waals surface area (Å²) in [5.41, 5.74) is 10.1. The predicted molar refractivity (Wildman–Crippen MR) is 87.3 cm³/mol. The Hall–Kier alpha value is -1.82. The van der Waals surface area contributed by atoms with Gasteiger partial charge >= 0.3 is 0 Å². The molecule has 0 unspecified atom stereocenters. The van der Waals surface area contributed by atoms with Gasteiger partial charge in [0.05, 0.1) is 0 Å². The SMILES string of the molecule is CCc1cc2c(c(Cc3cc(C)cc(C)c3)c1)CC=C2. The van der Waals surface area contributed by atoms with Gasteiger partial charge in [-0.15, -0.1) is 0 Å². The Labute approximate surface area is 122 Å². The molecule has 1 aliphatic carbocycles. The van der Waals surface area contributed by atoms with E-state index in [9.17, 15) is 0 Å². The van der Waals surface area contributed by atoms with Gasteiger partial charge in [0.1, 0.15) is 0 Å². The summed E-state index contributed by atoms with van der Waals surface area (Å²) in [5, 5.41) is 0. The zero-order valence-corrected chi connectivity index (χ0v) is 12.7. The standard InChI is InChI=1S/C20H22/c1-4-16-11-18-6-5-7-20(18)19(12-16)13-17-9-14(2)8-15(3)10-17/h5-6,8-12H,4,7,13H2,1-3H3. The van der Waals surface area contributed by atoms with Gasteiger partial charge < -0.3 is 0 Å². The Morgan fingerprint density at radius 2 is 1.65 bits per heavy atom. The van der Waals surface area contributed by atoms with Crippen LogP contribution in [-0.4, -0.2) is 0 Å². The average Bonchev–Trinajstić information content (AvgIpc) is 2.85. The summed E-state index contributed by atoms with van der Waals surface area (Å²) >= 11 is 0. The highest BCUT2D eigenvalue weighted by Gasteiger charge is 2.12. The lowest BCUT2D eigenvalue weighted by molar-refractivity contribution is 1.07. The fourth-order valence-corrected chi connectivity index (χ4v) is 3.28. The second-order valence-electron chi connectivity index (χ2n) is 5.96. The van der Waals surface area contributed by atoms with Gasteiger partial charge in [-0.2, -0.15) is 0 Å². The van der Waals surface area contributed by atoms with Crippen LogP contribution in [0.3, 0.4) is 0 Å². The summed E-state index contributed by atoms with van der Waals surface area (Å²) in [6, 6.07) is 11.6. The fourth-order valence-electron chi connectivity index (χ4n) is 3.28. The van der Waals surface area contributed by atoms with E-state index in [1.54, 1.807) is 0 Å². The van der Waals surface area contributed by atoms with Crippen molar-refractivity contribution >= 4 is 6.08 Å². The normalized spacial score (nSPS) is 12.8. The van der Waals surface area contributed by atoms with E-state index in [0.717, 1.165) is 19.3 Å². The summed E-state index contributed by atoms with van der Waals surface area (Å²) in [6.45, 7) is 6.61. The molecule has 0 bridgehead atoms. The van der Waals surface area contributed by atoms with Crippen LogP contribution in [0.4, 0.5) is 0 Å². The molecule has 0 saturated heterocycles. The molecule has 2 aromatic rings. The minimum Gasteiger partial charge on any atom is -0.0795 e. The molecule has 1 aliphatic rings. The van der Waals surface area contributed by atoms with Crippen molar-refractivity contribution in [2.45, 2.75) is 40.0 Å². The Balaban J connectivity index is 2.00. The molecule has 20 heavy (non-hydrogen) atoms. The van der Waals surface area contributed by atoms with Crippen LogP contribution in [0.25, 0.3) is 6.08 Å². The molecule has 0 radical (unpaired) electrons. The fraction of sp³-hybridized carbons (Fsp3) is 0.300. The summed E-state index contributed by atoms with van der Waals surface area (Å²) < 4.78 is 0. The number of allylic oxidation sites excluding steroid dienone is 1. The monoisotopic (exact) mass is 262 g/mol. The first kappa shape index (κ1) is 13.2. The first-order valence-electron chi connectivity index (χ1n) is 7.54. The lowest BCUT2D eigenvalue weighted by Gasteiger charge is -2.12. The molecular formula is C20H22. The van der Waals surface area contributed by atoms with Crippen LogP contribution in [0.15, 0.2) is 36.4 Å². The summed E-state index contributed by atoms with van der Waals surface area (Å²) in [5.74, 6) is 0. The average molecular weight is 262 g/mol. The largest absolute Gasteiger partial charge is 0.0795 e. The first-order chi connectivity index (χ1) is 9.65. The van der Waals surface area contributed by atoms with Crippen LogP contribution in [0.2, 0.25) is 0 Å². The van der Waals surface area contributed by atoms with Crippen molar-refractivity contribution in [1.29, 1.82) is 0 Å². The van der Waals surface area contributed by atoms with E-state index >= 15 is 0 Å². The van der Waals surface area contributed by atoms with Crippen molar-refractivity contribution in [2.24, 2.45) is 0 Å². The van der Waals surface area contributed by atoms with Crippen molar-refractivity contribution in [1.82, 2.24) is 0 Å². The second kappa shape index (κ2) is 5.28. The van der Waals surface area contributed by atoms with Crippen molar-refractivity contribution in [3.05, 3.63) is 75.4 Å². The molecule has 102 valence electrons. The second-order valence-corrected chi connectivity index (χ2v) is 5.96.